The fourth-order valence-corrected chi connectivity index (χ4v) is 4.59. The summed E-state index contributed by atoms with van der Waals surface area (Å²) in [7, 11) is -6.41. The summed E-state index contributed by atoms with van der Waals surface area (Å²) in [5, 5.41) is 10.8. The third kappa shape index (κ3) is 7.75. The van der Waals surface area contributed by atoms with E-state index in [1.807, 2.05) is 0 Å². The minimum Gasteiger partial charge on any atom is -0.459 e. The van der Waals surface area contributed by atoms with Crippen molar-refractivity contribution in [3.63, 3.8) is 0 Å². The van der Waals surface area contributed by atoms with Gasteiger partial charge in [0.1, 0.15) is 18.8 Å². The van der Waals surface area contributed by atoms with Crippen LogP contribution in [0.2, 0.25) is 0 Å². The van der Waals surface area contributed by atoms with Crippen molar-refractivity contribution in [3.8, 4) is 0 Å². The Morgan fingerprint density at radius 2 is 1.12 bits per heavy atom. The van der Waals surface area contributed by atoms with Crippen LogP contribution in [-0.4, -0.2) is 74.3 Å². The van der Waals surface area contributed by atoms with Crippen molar-refractivity contribution in [3.05, 3.63) is 108 Å². The van der Waals surface area contributed by atoms with Gasteiger partial charge in [0.2, 0.25) is 0 Å². The van der Waals surface area contributed by atoms with E-state index in [0.717, 1.165) is 0 Å². The first kappa shape index (κ1) is 31.6. The second kappa shape index (κ2) is 13.3. The lowest BCUT2D eigenvalue weighted by atomic mass is 9.98. The number of hydrogen-bond acceptors (Lipinski definition) is 11. The number of carbonyl (C=O) groups is 3. The van der Waals surface area contributed by atoms with Gasteiger partial charge in [0.25, 0.3) is 0 Å². The lowest BCUT2D eigenvalue weighted by molar-refractivity contribution is -0.280. The molecule has 11 nitrogen and oxygen atoms in total. The van der Waals surface area contributed by atoms with Crippen LogP contribution in [0.1, 0.15) is 31.1 Å². The van der Waals surface area contributed by atoms with Crippen LogP contribution in [0.15, 0.2) is 91.0 Å². The first-order chi connectivity index (χ1) is 20.4. The van der Waals surface area contributed by atoms with E-state index in [-0.39, 0.29) is 16.7 Å². The Hall–Kier alpha value is -4.31. The largest absolute Gasteiger partial charge is 0.523 e. The number of hydrogen-bond donors (Lipinski definition) is 1. The molecule has 3 aromatic rings. The second-order valence-corrected chi connectivity index (χ2v) is 10.5. The number of esters is 3. The molecule has 1 saturated heterocycles. The minimum absolute atomic E-state index is 0.0287. The maximum Gasteiger partial charge on any atom is 0.523 e. The van der Waals surface area contributed by atoms with E-state index in [2.05, 4.69) is 4.18 Å². The first-order valence-corrected chi connectivity index (χ1v) is 13.9. The van der Waals surface area contributed by atoms with Crippen molar-refractivity contribution >= 4 is 28.0 Å². The third-order valence-electron chi connectivity index (χ3n) is 6.02. The van der Waals surface area contributed by atoms with E-state index in [1.165, 1.54) is 72.8 Å². The van der Waals surface area contributed by atoms with E-state index in [4.69, 9.17) is 18.9 Å². The van der Waals surface area contributed by atoms with Gasteiger partial charge in [-0.2, -0.15) is 21.6 Å². The minimum atomic E-state index is -6.41. The average molecular weight is 625 g/mol. The van der Waals surface area contributed by atoms with Gasteiger partial charge in [0.15, 0.2) is 18.5 Å². The van der Waals surface area contributed by atoms with Gasteiger partial charge in [-0.15, -0.1) is 0 Å². The number of benzene rings is 3. The van der Waals surface area contributed by atoms with Crippen molar-refractivity contribution < 1.29 is 64.2 Å². The van der Waals surface area contributed by atoms with Crippen LogP contribution in [0.5, 0.6) is 0 Å². The number of halogens is 3. The molecular weight excluding hydrogens is 601 g/mol. The second-order valence-electron chi connectivity index (χ2n) is 8.96. The molecular formula is C28H23F3O11S. The fourth-order valence-electron chi connectivity index (χ4n) is 3.95. The van der Waals surface area contributed by atoms with Crippen molar-refractivity contribution in [1.29, 1.82) is 0 Å². The Morgan fingerprint density at radius 1 is 0.698 bits per heavy atom. The van der Waals surface area contributed by atoms with Crippen LogP contribution in [0.25, 0.3) is 0 Å². The van der Waals surface area contributed by atoms with Gasteiger partial charge in [-0.1, -0.05) is 54.6 Å². The lowest BCUT2D eigenvalue weighted by Crippen LogP contribution is -2.63. The molecule has 0 unspecified atom stereocenters. The molecule has 0 aromatic heterocycles. The first-order valence-electron chi connectivity index (χ1n) is 12.4. The molecule has 5 atom stereocenters. The molecule has 1 aliphatic rings. The highest BCUT2D eigenvalue weighted by Crippen LogP contribution is 2.34. The van der Waals surface area contributed by atoms with Crippen molar-refractivity contribution in [1.82, 2.24) is 0 Å². The number of aliphatic hydroxyl groups excluding tert-OH is 1. The average Bonchev–Trinajstić information content (AvgIpc) is 2.99. The summed E-state index contributed by atoms with van der Waals surface area (Å²) in [6.45, 7) is -0.971. The normalized spacial score (nSPS) is 22.3. The van der Waals surface area contributed by atoms with E-state index in [9.17, 15) is 41.1 Å². The van der Waals surface area contributed by atoms with Crippen molar-refractivity contribution in [2.45, 2.75) is 36.2 Å². The maximum atomic E-state index is 13.4. The predicted octanol–water partition coefficient (Wildman–Crippen LogP) is 3.25. The van der Waals surface area contributed by atoms with Gasteiger partial charge in [-0.05, 0) is 36.4 Å². The predicted molar refractivity (Wildman–Crippen MR) is 139 cm³/mol. The zero-order valence-corrected chi connectivity index (χ0v) is 22.6. The quantitative estimate of drug-likeness (QED) is 0.162. The number of ether oxygens (including phenoxy) is 4. The fraction of sp³-hybridized carbons (Fsp3) is 0.250. The Bertz CT molecular complexity index is 1520. The highest BCUT2D eigenvalue weighted by molar-refractivity contribution is 7.87. The number of aliphatic hydroxyl groups is 1. The smallest absolute Gasteiger partial charge is 0.459 e. The molecule has 228 valence electrons. The Morgan fingerprint density at radius 3 is 1.56 bits per heavy atom. The van der Waals surface area contributed by atoms with Crippen LogP contribution in [0.3, 0.4) is 0 Å². The SMILES string of the molecule is O=C(OC[C@H]1O[C@H](O)[C@H](OC(=O)c2ccccc2)[C@@H](OC(=O)c2ccccc2)[C@H]1OS(=O)(=O)C(F)(F)F)c1ccccc1. The molecule has 1 fully saturated rings. The van der Waals surface area contributed by atoms with Crippen molar-refractivity contribution in [2.75, 3.05) is 6.61 Å². The Kier molecular flexibility index (Phi) is 9.80. The third-order valence-corrected chi connectivity index (χ3v) is 7.07. The van der Waals surface area contributed by atoms with Gasteiger partial charge in [0.05, 0.1) is 16.7 Å². The van der Waals surface area contributed by atoms with Crippen LogP contribution in [0, 0.1) is 0 Å². The summed E-state index contributed by atoms with van der Waals surface area (Å²) in [6, 6.07) is 21.5. The molecule has 43 heavy (non-hydrogen) atoms. The topological polar surface area (TPSA) is 152 Å². The molecule has 0 radical (unpaired) electrons. The van der Waals surface area contributed by atoms with Crippen LogP contribution >= 0.6 is 0 Å². The zero-order valence-electron chi connectivity index (χ0n) is 21.8. The lowest BCUT2D eigenvalue weighted by Gasteiger charge is -2.42. The van der Waals surface area contributed by atoms with E-state index in [1.54, 1.807) is 18.2 Å². The number of carbonyl (C=O) groups excluding carboxylic acids is 3. The molecule has 0 bridgehead atoms. The maximum absolute atomic E-state index is 13.4. The van der Waals surface area contributed by atoms with Gasteiger partial charge in [-0.3, -0.25) is 4.18 Å². The molecule has 1 heterocycles. The summed E-state index contributed by atoms with van der Waals surface area (Å²) in [5.74, 6) is -3.30. The Balaban J connectivity index is 1.71. The molecule has 0 saturated carbocycles. The van der Waals surface area contributed by atoms with Gasteiger partial charge < -0.3 is 24.1 Å². The van der Waals surface area contributed by atoms with Crippen LogP contribution in [-0.2, 0) is 33.2 Å². The monoisotopic (exact) mass is 624 g/mol. The molecule has 0 amide bonds. The molecule has 4 rings (SSSR count). The van der Waals surface area contributed by atoms with E-state index >= 15 is 0 Å². The molecule has 15 heteroatoms. The van der Waals surface area contributed by atoms with Crippen LogP contribution < -0.4 is 0 Å². The van der Waals surface area contributed by atoms with E-state index in [0.29, 0.717) is 0 Å². The highest BCUT2D eigenvalue weighted by Gasteiger charge is 2.57. The summed E-state index contributed by atoms with van der Waals surface area (Å²) >= 11 is 0. The highest BCUT2D eigenvalue weighted by atomic mass is 32.2. The van der Waals surface area contributed by atoms with Gasteiger partial charge in [-0.25, -0.2) is 14.4 Å². The summed E-state index contributed by atoms with van der Waals surface area (Å²) in [5.41, 5.74) is -6.11. The Labute approximate surface area is 242 Å². The molecule has 3 aromatic carbocycles. The molecule has 0 aliphatic carbocycles. The van der Waals surface area contributed by atoms with Crippen LogP contribution in [0.4, 0.5) is 13.2 Å². The summed E-state index contributed by atoms with van der Waals surface area (Å²) in [6.07, 6.45) is -10.9. The number of alkyl halides is 3. The van der Waals surface area contributed by atoms with E-state index < -0.39 is 70.8 Å². The standard InChI is InChI=1S/C28H23F3O11S/c29-28(30,31)43(36,37)42-21-20(16-38-24(32)17-10-4-1-5-11-17)39-27(35)23(41-26(34)19-14-8-3-9-15-19)22(21)40-25(33)18-12-6-2-7-13-18/h1-15,20-23,27,35H,16H2/t20-,21+,22+,23-,27+/m1/s1. The summed E-state index contributed by atoms with van der Waals surface area (Å²) < 4.78 is 90.0. The van der Waals surface area contributed by atoms with Gasteiger partial charge >= 0.3 is 33.5 Å². The molecule has 0 spiro atoms. The van der Waals surface area contributed by atoms with Gasteiger partial charge in [0, 0.05) is 0 Å². The molecule has 1 N–H and O–H groups in total. The number of rotatable bonds is 9. The summed E-state index contributed by atoms with van der Waals surface area (Å²) in [4.78, 5) is 38.3. The van der Waals surface area contributed by atoms with Crippen molar-refractivity contribution in [2.24, 2.45) is 0 Å². The zero-order chi connectivity index (χ0) is 31.2. The molecule has 1 aliphatic heterocycles.